The average Bonchev–Trinajstić information content (AvgIpc) is 3.27. The Bertz CT molecular complexity index is 1230. The minimum Gasteiger partial charge on any atom is -0.507 e. The zero-order valence-corrected chi connectivity index (χ0v) is 22.0. The molecule has 6 atom stereocenters. The number of hydrogen-bond donors (Lipinski definition) is 3. The summed E-state index contributed by atoms with van der Waals surface area (Å²) in [5.74, 6) is -11.1. The van der Waals surface area contributed by atoms with Crippen LogP contribution in [0.25, 0.3) is 0 Å². The third-order valence-electron chi connectivity index (χ3n) is 8.61. The number of carbonyl (C=O) groups is 5. The van der Waals surface area contributed by atoms with Crippen LogP contribution in [-0.2, 0) is 25.6 Å². The predicted octanol–water partition coefficient (Wildman–Crippen LogP) is 0.553. The van der Waals surface area contributed by atoms with Crippen LogP contribution >= 0.6 is 0 Å². The van der Waals surface area contributed by atoms with Crippen molar-refractivity contribution in [2.45, 2.75) is 56.7 Å². The Balaban J connectivity index is 1.78. The van der Waals surface area contributed by atoms with E-state index in [9.17, 15) is 34.2 Å². The molecule has 1 aliphatic heterocycles. The molecule has 38 heavy (non-hydrogen) atoms. The summed E-state index contributed by atoms with van der Waals surface area (Å²) in [5.41, 5.74) is 2.42. The second-order valence-corrected chi connectivity index (χ2v) is 11.0. The van der Waals surface area contributed by atoms with Crippen molar-refractivity contribution < 1.29 is 38.6 Å². The minimum atomic E-state index is -2.84. The van der Waals surface area contributed by atoms with Crippen LogP contribution in [0.5, 0.6) is 5.75 Å². The van der Waals surface area contributed by atoms with Crippen molar-refractivity contribution in [3.05, 3.63) is 28.6 Å². The van der Waals surface area contributed by atoms with Crippen molar-refractivity contribution in [3.8, 4) is 5.75 Å². The molecule has 0 bridgehead atoms. The molecule has 3 aliphatic rings. The Morgan fingerprint density at radius 1 is 1.26 bits per heavy atom. The molecule has 10 nitrogen and oxygen atoms in total. The van der Waals surface area contributed by atoms with Gasteiger partial charge in [0.2, 0.25) is 5.91 Å². The number of nitrogens with zero attached hydrogens (tertiary/aromatic N) is 2. The number of likely N-dealkylation sites (N-methyl/N-ethyl adjacent to an activating group) is 1. The van der Waals surface area contributed by atoms with Crippen molar-refractivity contribution in [1.82, 2.24) is 9.80 Å². The number of nitrogens with two attached hydrogens (primary N) is 1. The highest BCUT2D eigenvalue weighted by Crippen LogP contribution is 2.45. The van der Waals surface area contributed by atoms with Gasteiger partial charge in [0.05, 0.1) is 17.5 Å². The maximum atomic E-state index is 15.8. The number of Topliss-reactive ketones (excluding diaryl/α,β-unsaturated/α-hetero) is 4. The maximum absolute atomic E-state index is 15.8. The quantitative estimate of drug-likeness (QED) is 0.446. The highest BCUT2D eigenvalue weighted by molar-refractivity contribution is 6.31. The van der Waals surface area contributed by atoms with Crippen LogP contribution in [0.1, 0.15) is 60.1 Å². The van der Waals surface area contributed by atoms with Crippen molar-refractivity contribution in [2.75, 3.05) is 27.7 Å². The van der Waals surface area contributed by atoms with E-state index in [1.54, 1.807) is 6.92 Å². The number of fused-ring (bicyclic) bond motifs is 1. The van der Waals surface area contributed by atoms with Crippen molar-refractivity contribution in [3.63, 3.8) is 0 Å². The molecule has 2 aliphatic carbocycles. The van der Waals surface area contributed by atoms with E-state index >= 15 is 4.39 Å². The number of ketones is 4. The van der Waals surface area contributed by atoms with E-state index in [2.05, 4.69) is 0 Å². The molecule has 0 aromatic heterocycles. The number of primary amides is 1. The molecule has 4 rings (SSSR count). The van der Waals surface area contributed by atoms with Gasteiger partial charge in [-0.25, -0.2) is 4.39 Å². The number of amides is 1. The van der Waals surface area contributed by atoms with Gasteiger partial charge < -0.3 is 15.9 Å². The fourth-order valence-corrected chi connectivity index (χ4v) is 6.42. The zero-order chi connectivity index (χ0) is 28.3. The molecule has 0 radical (unpaired) electrons. The number of rotatable bonds is 6. The molecule has 1 heterocycles. The molecule has 1 aromatic carbocycles. The summed E-state index contributed by atoms with van der Waals surface area (Å²) in [7, 11) is 4.83. The van der Waals surface area contributed by atoms with Gasteiger partial charge in [0.15, 0.2) is 34.7 Å². The molecular weight excluding hydrogens is 497 g/mol. The average molecular weight is 532 g/mol. The largest absolute Gasteiger partial charge is 0.507 e. The molecule has 1 saturated carbocycles. The Labute approximate surface area is 219 Å². The summed E-state index contributed by atoms with van der Waals surface area (Å²) in [5, 5.41) is 22.3. The van der Waals surface area contributed by atoms with Gasteiger partial charge in [-0.05, 0) is 58.9 Å². The molecular formula is C27H34FN3O7. The van der Waals surface area contributed by atoms with Gasteiger partial charge in [-0.15, -0.1) is 0 Å². The van der Waals surface area contributed by atoms with E-state index < -0.39 is 76.4 Å². The van der Waals surface area contributed by atoms with E-state index in [1.807, 2.05) is 11.9 Å². The number of halogens is 1. The van der Waals surface area contributed by atoms with Crippen LogP contribution in [0.2, 0.25) is 0 Å². The molecule has 2 fully saturated rings. The lowest BCUT2D eigenvalue weighted by molar-refractivity contribution is -0.166. The monoisotopic (exact) mass is 531 g/mol. The van der Waals surface area contributed by atoms with Crippen molar-refractivity contribution >= 4 is 29.0 Å². The number of benzene rings is 1. The summed E-state index contributed by atoms with van der Waals surface area (Å²) in [4.78, 5) is 68.9. The SMILES string of the molecule is CCC1Cc2c(F)c(C3CCCN3C)cc(O)c2C(=O)C1C(=O)C1(O)CC(N(C)C)C(=O)C(C(N)=O)C1=O. The van der Waals surface area contributed by atoms with E-state index in [0.29, 0.717) is 6.42 Å². The normalized spacial score (nSPS) is 32.1. The van der Waals surface area contributed by atoms with Gasteiger partial charge in [-0.1, -0.05) is 13.3 Å². The lowest BCUT2D eigenvalue weighted by Gasteiger charge is -2.42. The minimum absolute atomic E-state index is 0.0134. The highest BCUT2D eigenvalue weighted by Gasteiger charge is 2.61. The van der Waals surface area contributed by atoms with E-state index in [4.69, 9.17) is 5.73 Å². The van der Waals surface area contributed by atoms with E-state index in [0.717, 1.165) is 13.0 Å². The van der Waals surface area contributed by atoms with Gasteiger partial charge in [0.25, 0.3) is 0 Å². The first-order valence-corrected chi connectivity index (χ1v) is 12.8. The predicted molar refractivity (Wildman–Crippen MR) is 133 cm³/mol. The van der Waals surface area contributed by atoms with Gasteiger partial charge >= 0.3 is 0 Å². The molecule has 206 valence electrons. The Kier molecular flexibility index (Phi) is 7.32. The first kappa shape index (κ1) is 28.0. The number of aliphatic hydroxyl groups is 1. The van der Waals surface area contributed by atoms with E-state index in [-0.39, 0.29) is 35.6 Å². The summed E-state index contributed by atoms with van der Waals surface area (Å²) < 4.78 is 15.8. The molecule has 1 amide bonds. The number of likely N-dealkylation sites (tertiary alicyclic amines) is 1. The standard InChI is InChI=1S/C27H34FN3O7/c1-5-12-9-14-19(17(32)10-13(21(14)28)15-7-6-8-31(15)4)23(34)18(12)24(35)27(38)11-16(30(2)3)22(33)20(25(27)36)26(29)37/h10,12,15-16,18,20,32,38H,5-9,11H2,1-4H3,(H2,29,37). The highest BCUT2D eigenvalue weighted by atomic mass is 19.1. The third kappa shape index (κ3) is 4.17. The van der Waals surface area contributed by atoms with Gasteiger partial charge in [0.1, 0.15) is 11.6 Å². The molecule has 4 N–H and O–H groups in total. The lowest BCUT2D eigenvalue weighted by atomic mass is 9.63. The van der Waals surface area contributed by atoms with Crippen LogP contribution in [0.4, 0.5) is 4.39 Å². The van der Waals surface area contributed by atoms with Crippen LogP contribution < -0.4 is 5.73 Å². The number of phenolic OH excluding ortho intramolecular Hbond substituents is 1. The number of hydrogen-bond acceptors (Lipinski definition) is 9. The fraction of sp³-hybridized carbons (Fsp3) is 0.593. The summed E-state index contributed by atoms with van der Waals surface area (Å²) in [6.45, 7) is 2.46. The summed E-state index contributed by atoms with van der Waals surface area (Å²) >= 11 is 0. The maximum Gasteiger partial charge on any atom is 0.235 e. The smallest absolute Gasteiger partial charge is 0.235 e. The number of phenols is 1. The van der Waals surface area contributed by atoms with Gasteiger partial charge in [-0.3, -0.25) is 33.8 Å². The van der Waals surface area contributed by atoms with Crippen LogP contribution in [0, 0.1) is 23.6 Å². The second kappa shape index (κ2) is 9.94. The summed E-state index contributed by atoms with van der Waals surface area (Å²) in [6, 6.07) is -0.217. The Hall–Kier alpha value is -3.02. The molecule has 11 heteroatoms. The zero-order valence-electron chi connectivity index (χ0n) is 22.0. The fourth-order valence-electron chi connectivity index (χ4n) is 6.42. The summed E-state index contributed by atoms with van der Waals surface area (Å²) in [6.07, 6.45) is 1.06. The van der Waals surface area contributed by atoms with Gasteiger partial charge in [0, 0.05) is 23.6 Å². The Morgan fingerprint density at radius 3 is 2.45 bits per heavy atom. The molecule has 6 unspecified atom stereocenters. The van der Waals surface area contributed by atoms with E-state index in [1.165, 1.54) is 25.1 Å². The first-order chi connectivity index (χ1) is 17.8. The molecule has 1 aromatic rings. The topological polar surface area (TPSA) is 158 Å². The van der Waals surface area contributed by atoms with Crippen molar-refractivity contribution in [1.29, 1.82) is 0 Å². The molecule has 1 saturated heterocycles. The van der Waals surface area contributed by atoms with Gasteiger partial charge in [-0.2, -0.15) is 0 Å². The number of aromatic hydroxyl groups is 1. The third-order valence-corrected chi connectivity index (χ3v) is 8.61. The number of carbonyl (C=O) groups excluding carboxylic acids is 5. The van der Waals surface area contributed by atoms with Crippen LogP contribution in [0.15, 0.2) is 6.07 Å². The molecule has 0 spiro atoms. The second-order valence-electron chi connectivity index (χ2n) is 11.0. The lowest BCUT2D eigenvalue weighted by Crippen LogP contribution is -2.66. The van der Waals surface area contributed by atoms with Crippen LogP contribution in [0.3, 0.4) is 0 Å². The van der Waals surface area contributed by atoms with Crippen molar-refractivity contribution in [2.24, 2.45) is 23.5 Å². The first-order valence-electron chi connectivity index (χ1n) is 12.8. The Morgan fingerprint density at radius 2 is 1.92 bits per heavy atom. The van der Waals surface area contributed by atoms with Crippen LogP contribution in [-0.4, -0.2) is 88.4 Å².